The zero-order valence-electron chi connectivity index (χ0n) is 8.95. The van der Waals surface area contributed by atoms with E-state index >= 15 is 0 Å². The Morgan fingerprint density at radius 2 is 1.88 bits per heavy atom. The maximum absolute atomic E-state index is 13.4. The van der Waals surface area contributed by atoms with Gasteiger partial charge >= 0.3 is 0 Å². The van der Waals surface area contributed by atoms with Crippen LogP contribution in [0.4, 0.5) is 8.78 Å². The molecule has 92 valence electrons. The van der Waals surface area contributed by atoms with E-state index in [1.807, 2.05) is 0 Å². The van der Waals surface area contributed by atoms with Gasteiger partial charge in [0.05, 0.1) is 5.92 Å². The molecule has 6 heteroatoms. The van der Waals surface area contributed by atoms with E-state index in [2.05, 4.69) is 0 Å². The maximum atomic E-state index is 13.4. The molecule has 0 aliphatic heterocycles. The molecule has 0 bridgehead atoms. The molecule has 0 saturated heterocycles. The molecule has 0 saturated carbocycles. The first-order valence-corrected chi connectivity index (χ1v) is 4.94. The van der Waals surface area contributed by atoms with E-state index < -0.39 is 29.4 Å². The molecule has 1 aromatic rings. The Morgan fingerprint density at radius 3 is 2.35 bits per heavy atom. The third-order valence-corrected chi connectivity index (χ3v) is 2.36. The number of nitrogens with two attached hydrogens (primary N) is 2. The summed E-state index contributed by atoms with van der Waals surface area (Å²) in [6, 6.07) is 2.83. The van der Waals surface area contributed by atoms with Gasteiger partial charge in [-0.05, 0) is 12.5 Å². The van der Waals surface area contributed by atoms with Crippen LogP contribution in [0.2, 0.25) is 0 Å². The Bertz CT molecular complexity index is 449. The van der Waals surface area contributed by atoms with Crippen LogP contribution in [0.15, 0.2) is 18.2 Å². The highest BCUT2D eigenvalue weighted by Crippen LogP contribution is 2.24. The second-order valence-electron chi connectivity index (χ2n) is 3.63. The minimum Gasteiger partial charge on any atom is -0.370 e. The largest absolute Gasteiger partial charge is 0.370 e. The Hall–Kier alpha value is -1.98. The van der Waals surface area contributed by atoms with E-state index in [4.69, 9.17) is 11.5 Å². The van der Waals surface area contributed by atoms with Crippen LogP contribution < -0.4 is 11.5 Å². The molecule has 2 amide bonds. The third-order valence-electron chi connectivity index (χ3n) is 2.36. The summed E-state index contributed by atoms with van der Waals surface area (Å²) in [6.07, 6.45) is -0.0857. The van der Waals surface area contributed by atoms with Crippen LogP contribution in [0, 0.1) is 11.6 Å². The SMILES string of the molecule is NC(=O)CCC(C(N)=O)c1ccc(F)cc1F. The highest BCUT2D eigenvalue weighted by Gasteiger charge is 2.22. The quantitative estimate of drug-likeness (QED) is 0.800. The van der Waals surface area contributed by atoms with Gasteiger partial charge < -0.3 is 11.5 Å². The van der Waals surface area contributed by atoms with E-state index in [0.717, 1.165) is 12.1 Å². The Labute approximate surface area is 96.6 Å². The minimum atomic E-state index is -0.983. The first-order chi connectivity index (χ1) is 7.91. The maximum Gasteiger partial charge on any atom is 0.225 e. The van der Waals surface area contributed by atoms with E-state index in [-0.39, 0.29) is 18.4 Å². The molecule has 4 N–H and O–H groups in total. The molecule has 1 rings (SSSR count). The average Bonchev–Trinajstić information content (AvgIpc) is 2.20. The van der Waals surface area contributed by atoms with E-state index in [9.17, 15) is 18.4 Å². The summed E-state index contributed by atoms with van der Waals surface area (Å²) in [5, 5.41) is 0. The van der Waals surface area contributed by atoms with Crippen molar-refractivity contribution in [3.05, 3.63) is 35.4 Å². The van der Waals surface area contributed by atoms with Crippen LogP contribution in [0.25, 0.3) is 0 Å². The summed E-state index contributed by atoms with van der Waals surface area (Å²) in [5.74, 6) is -3.98. The topological polar surface area (TPSA) is 86.2 Å². The molecule has 0 spiro atoms. The van der Waals surface area contributed by atoms with Gasteiger partial charge in [-0.15, -0.1) is 0 Å². The van der Waals surface area contributed by atoms with Gasteiger partial charge in [-0.2, -0.15) is 0 Å². The fraction of sp³-hybridized carbons (Fsp3) is 0.273. The zero-order chi connectivity index (χ0) is 13.0. The molecular formula is C11H12F2N2O2. The summed E-state index contributed by atoms with van der Waals surface area (Å²) < 4.78 is 26.1. The van der Waals surface area contributed by atoms with E-state index in [0.29, 0.717) is 6.07 Å². The van der Waals surface area contributed by atoms with Crippen molar-refractivity contribution in [2.75, 3.05) is 0 Å². The summed E-state index contributed by atoms with van der Waals surface area (Å²) in [4.78, 5) is 21.8. The fourth-order valence-electron chi connectivity index (χ4n) is 1.52. The van der Waals surface area contributed by atoms with Crippen molar-refractivity contribution in [2.24, 2.45) is 11.5 Å². The Balaban J connectivity index is 2.97. The number of benzene rings is 1. The normalized spacial score (nSPS) is 12.1. The number of hydrogen-bond acceptors (Lipinski definition) is 2. The van der Waals surface area contributed by atoms with Crippen LogP contribution >= 0.6 is 0 Å². The lowest BCUT2D eigenvalue weighted by Crippen LogP contribution is -2.24. The molecule has 0 aromatic heterocycles. The standard InChI is InChI=1S/C11H12F2N2O2/c12-6-1-2-7(9(13)5-6)8(11(15)17)3-4-10(14)16/h1-2,5,8H,3-4H2,(H2,14,16)(H2,15,17). The lowest BCUT2D eigenvalue weighted by atomic mass is 9.93. The van der Waals surface area contributed by atoms with Gasteiger partial charge in [0.1, 0.15) is 11.6 Å². The number of rotatable bonds is 5. The molecule has 1 aromatic carbocycles. The minimum absolute atomic E-state index is 0.00716. The molecule has 0 aliphatic carbocycles. The van der Waals surface area contributed by atoms with E-state index in [1.54, 1.807) is 0 Å². The highest BCUT2D eigenvalue weighted by atomic mass is 19.1. The van der Waals surface area contributed by atoms with E-state index in [1.165, 1.54) is 0 Å². The molecule has 0 aliphatic rings. The van der Waals surface area contributed by atoms with Crippen LogP contribution in [-0.4, -0.2) is 11.8 Å². The summed E-state index contributed by atoms with van der Waals surface area (Å²) >= 11 is 0. The average molecular weight is 242 g/mol. The van der Waals surface area contributed by atoms with Crippen molar-refractivity contribution < 1.29 is 18.4 Å². The molecule has 0 fully saturated rings. The molecule has 1 unspecified atom stereocenters. The van der Waals surface area contributed by atoms with Crippen molar-refractivity contribution in [2.45, 2.75) is 18.8 Å². The number of carbonyl (C=O) groups is 2. The second kappa shape index (κ2) is 5.38. The lowest BCUT2D eigenvalue weighted by molar-refractivity contribution is -0.120. The summed E-state index contributed by atoms with van der Waals surface area (Å²) in [6.45, 7) is 0. The molecular weight excluding hydrogens is 230 g/mol. The zero-order valence-corrected chi connectivity index (χ0v) is 8.95. The number of hydrogen-bond donors (Lipinski definition) is 2. The molecule has 4 nitrogen and oxygen atoms in total. The van der Waals surface area contributed by atoms with Crippen molar-refractivity contribution in [3.63, 3.8) is 0 Å². The van der Waals surface area contributed by atoms with Gasteiger partial charge in [-0.1, -0.05) is 6.07 Å². The molecule has 0 heterocycles. The van der Waals surface area contributed by atoms with Gasteiger partial charge in [0.15, 0.2) is 0 Å². The van der Waals surface area contributed by atoms with Gasteiger partial charge in [0.25, 0.3) is 0 Å². The van der Waals surface area contributed by atoms with Crippen molar-refractivity contribution >= 4 is 11.8 Å². The van der Waals surface area contributed by atoms with Gasteiger partial charge in [-0.25, -0.2) is 8.78 Å². The monoisotopic (exact) mass is 242 g/mol. The summed E-state index contributed by atoms with van der Waals surface area (Å²) in [7, 11) is 0. The van der Waals surface area contributed by atoms with Gasteiger partial charge in [-0.3, -0.25) is 9.59 Å². The predicted molar refractivity (Wildman–Crippen MR) is 56.7 cm³/mol. The molecule has 1 atom stereocenters. The smallest absolute Gasteiger partial charge is 0.225 e. The van der Waals surface area contributed by atoms with Crippen LogP contribution in [0.1, 0.15) is 24.3 Å². The molecule has 0 radical (unpaired) electrons. The number of amides is 2. The molecule has 17 heavy (non-hydrogen) atoms. The first-order valence-electron chi connectivity index (χ1n) is 4.94. The predicted octanol–water partition coefficient (Wildman–Crippen LogP) is 0.799. The lowest BCUT2D eigenvalue weighted by Gasteiger charge is -2.13. The Kier molecular flexibility index (Phi) is 4.14. The van der Waals surface area contributed by atoms with Crippen molar-refractivity contribution in [1.29, 1.82) is 0 Å². The van der Waals surface area contributed by atoms with Gasteiger partial charge in [0, 0.05) is 18.1 Å². The first kappa shape index (κ1) is 13.1. The summed E-state index contributed by atoms with van der Waals surface area (Å²) in [5.41, 5.74) is 10.0. The van der Waals surface area contributed by atoms with Crippen molar-refractivity contribution in [1.82, 2.24) is 0 Å². The number of primary amides is 2. The third kappa shape index (κ3) is 3.51. The Morgan fingerprint density at radius 1 is 1.24 bits per heavy atom. The van der Waals surface area contributed by atoms with Gasteiger partial charge in [0.2, 0.25) is 11.8 Å². The van der Waals surface area contributed by atoms with Crippen LogP contribution in [0.3, 0.4) is 0 Å². The highest BCUT2D eigenvalue weighted by molar-refractivity contribution is 5.83. The fourth-order valence-corrected chi connectivity index (χ4v) is 1.52. The number of halogens is 2. The van der Waals surface area contributed by atoms with Crippen molar-refractivity contribution in [3.8, 4) is 0 Å². The number of carbonyl (C=O) groups excluding carboxylic acids is 2. The van der Waals surface area contributed by atoms with Crippen LogP contribution in [-0.2, 0) is 9.59 Å². The second-order valence-corrected chi connectivity index (χ2v) is 3.63. The van der Waals surface area contributed by atoms with Crippen LogP contribution in [0.5, 0.6) is 0 Å².